The summed E-state index contributed by atoms with van der Waals surface area (Å²) in [6, 6.07) is 6.93. The van der Waals surface area contributed by atoms with Crippen molar-refractivity contribution >= 4 is 0 Å². The van der Waals surface area contributed by atoms with Gasteiger partial charge in [0.15, 0.2) is 11.6 Å². The quantitative estimate of drug-likeness (QED) is 0.913. The molecule has 0 aliphatic heterocycles. The van der Waals surface area contributed by atoms with Gasteiger partial charge in [0.05, 0.1) is 5.69 Å². The van der Waals surface area contributed by atoms with E-state index in [0.717, 1.165) is 23.9 Å². The van der Waals surface area contributed by atoms with E-state index in [0.29, 0.717) is 12.6 Å². The summed E-state index contributed by atoms with van der Waals surface area (Å²) in [5.41, 5.74) is 0.781. The van der Waals surface area contributed by atoms with E-state index in [1.54, 1.807) is 12.1 Å². The molecule has 2 aromatic rings. The first-order chi connectivity index (χ1) is 9.70. The number of benzene rings is 1. The lowest BCUT2D eigenvalue weighted by molar-refractivity contribution is 0.416. The molecular formula is C14H13F2N3O. The zero-order valence-electron chi connectivity index (χ0n) is 10.6. The molecule has 1 aromatic carbocycles. The summed E-state index contributed by atoms with van der Waals surface area (Å²) in [4.78, 5) is 0. The Morgan fingerprint density at radius 2 is 2.00 bits per heavy atom. The molecule has 1 N–H and O–H groups in total. The van der Waals surface area contributed by atoms with Gasteiger partial charge in [0.25, 0.3) is 0 Å². The van der Waals surface area contributed by atoms with Gasteiger partial charge < -0.3 is 10.1 Å². The summed E-state index contributed by atoms with van der Waals surface area (Å²) in [6.07, 6.45) is 2.40. The highest BCUT2D eigenvalue weighted by molar-refractivity contribution is 5.29. The smallest absolute Gasteiger partial charge is 0.239 e. The van der Waals surface area contributed by atoms with Crippen LogP contribution < -0.4 is 10.1 Å². The molecule has 4 nitrogen and oxygen atoms in total. The van der Waals surface area contributed by atoms with E-state index in [2.05, 4.69) is 15.5 Å². The Hall–Kier alpha value is -2.08. The van der Waals surface area contributed by atoms with Crippen LogP contribution in [0.5, 0.6) is 11.6 Å². The molecular weight excluding hydrogens is 264 g/mol. The predicted octanol–water partition coefficient (Wildman–Crippen LogP) is 2.80. The van der Waals surface area contributed by atoms with Crippen molar-refractivity contribution in [2.75, 3.05) is 0 Å². The second-order valence-electron chi connectivity index (χ2n) is 4.69. The molecule has 0 spiro atoms. The largest absolute Gasteiger partial charge is 0.434 e. The van der Waals surface area contributed by atoms with Crippen molar-refractivity contribution in [3.63, 3.8) is 0 Å². The minimum atomic E-state index is -0.646. The van der Waals surface area contributed by atoms with Crippen LogP contribution in [0.4, 0.5) is 8.78 Å². The number of halogens is 2. The summed E-state index contributed by atoms with van der Waals surface area (Å²) in [7, 11) is 0. The van der Waals surface area contributed by atoms with Crippen LogP contribution in [0, 0.1) is 11.6 Å². The molecule has 6 heteroatoms. The van der Waals surface area contributed by atoms with Crippen LogP contribution in [0.25, 0.3) is 0 Å². The highest BCUT2D eigenvalue weighted by Crippen LogP contribution is 2.23. The third kappa shape index (κ3) is 3.27. The molecule has 0 saturated heterocycles. The van der Waals surface area contributed by atoms with Gasteiger partial charge in [0.2, 0.25) is 5.88 Å². The maximum absolute atomic E-state index is 13.4. The predicted molar refractivity (Wildman–Crippen MR) is 68.3 cm³/mol. The van der Waals surface area contributed by atoms with Gasteiger partial charge in [-0.2, -0.15) is 5.10 Å². The van der Waals surface area contributed by atoms with Gasteiger partial charge in [-0.3, -0.25) is 0 Å². The monoisotopic (exact) mass is 277 g/mol. The van der Waals surface area contributed by atoms with Crippen molar-refractivity contribution < 1.29 is 13.5 Å². The van der Waals surface area contributed by atoms with E-state index in [4.69, 9.17) is 4.74 Å². The molecule has 20 heavy (non-hydrogen) atoms. The topological polar surface area (TPSA) is 47.0 Å². The summed E-state index contributed by atoms with van der Waals surface area (Å²) in [5.74, 6) is -1.29. The molecule has 0 amide bonds. The fraction of sp³-hybridized carbons (Fsp3) is 0.286. The molecule has 0 unspecified atom stereocenters. The van der Waals surface area contributed by atoms with E-state index < -0.39 is 11.6 Å². The normalized spacial score (nSPS) is 14.3. The van der Waals surface area contributed by atoms with Crippen molar-refractivity contribution in [2.24, 2.45) is 0 Å². The van der Waals surface area contributed by atoms with Crippen molar-refractivity contribution in [2.45, 2.75) is 25.4 Å². The molecule has 104 valence electrons. The van der Waals surface area contributed by atoms with Gasteiger partial charge in [-0.1, -0.05) is 0 Å². The fourth-order valence-corrected chi connectivity index (χ4v) is 1.70. The first-order valence-corrected chi connectivity index (χ1v) is 6.39. The standard InChI is InChI=1S/C14H13F2N3O/c15-9-1-5-12(16)13(7-9)20-14-6-4-11(18-19-14)8-17-10-2-3-10/h1,4-7,10,17H,2-3,8H2. The van der Waals surface area contributed by atoms with Gasteiger partial charge in [-0.25, -0.2) is 8.78 Å². The maximum Gasteiger partial charge on any atom is 0.239 e. The first kappa shape index (κ1) is 12.9. The van der Waals surface area contributed by atoms with Crippen LogP contribution in [0.2, 0.25) is 0 Å². The zero-order chi connectivity index (χ0) is 13.9. The number of rotatable bonds is 5. The van der Waals surface area contributed by atoms with E-state index in [1.807, 2.05) is 0 Å². The SMILES string of the molecule is Fc1ccc(F)c(Oc2ccc(CNC3CC3)nn2)c1. The second kappa shape index (κ2) is 5.50. The molecule has 1 fully saturated rings. The first-order valence-electron chi connectivity index (χ1n) is 6.39. The lowest BCUT2D eigenvalue weighted by Gasteiger charge is -2.06. The van der Waals surface area contributed by atoms with Crippen molar-refractivity contribution in [1.29, 1.82) is 0 Å². The van der Waals surface area contributed by atoms with Gasteiger partial charge in [0.1, 0.15) is 5.82 Å². The Morgan fingerprint density at radius 3 is 2.70 bits per heavy atom. The summed E-state index contributed by atoms with van der Waals surface area (Å²) in [6.45, 7) is 0.645. The molecule has 1 heterocycles. The highest BCUT2D eigenvalue weighted by Gasteiger charge is 2.20. The maximum atomic E-state index is 13.4. The van der Waals surface area contributed by atoms with E-state index in [1.165, 1.54) is 12.8 Å². The van der Waals surface area contributed by atoms with Gasteiger partial charge >= 0.3 is 0 Å². The van der Waals surface area contributed by atoms with Crippen LogP contribution in [0.1, 0.15) is 18.5 Å². The minimum absolute atomic E-state index is 0.129. The highest BCUT2D eigenvalue weighted by atomic mass is 19.1. The van der Waals surface area contributed by atoms with Crippen LogP contribution in [-0.4, -0.2) is 16.2 Å². The minimum Gasteiger partial charge on any atom is -0.434 e. The van der Waals surface area contributed by atoms with Crippen molar-refractivity contribution in [3.05, 3.63) is 47.7 Å². The average Bonchev–Trinajstić information content (AvgIpc) is 3.26. The Morgan fingerprint density at radius 1 is 1.15 bits per heavy atom. The van der Waals surface area contributed by atoms with Crippen LogP contribution in [0.3, 0.4) is 0 Å². The number of nitrogens with zero attached hydrogens (tertiary/aromatic N) is 2. The third-order valence-corrected chi connectivity index (χ3v) is 2.95. The summed E-state index contributed by atoms with van der Waals surface area (Å²) < 4.78 is 31.6. The van der Waals surface area contributed by atoms with Crippen LogP contribution >= 0.6 is 0 Å². The number of ether oxygens (including phenoxy) is 1. The molecule has 3 rings (SSSR count). The van der Waals surface area contributed by atoms with Crippen LogP contribution in [0.15, 0.2) is 30.3 Å². The lowest BCUT2D eigenvalue weighted by Crippen LogP contribution is -2.16. The Bertz CT molecular complexity index is 600. The van der Waals surface area contributed by atoms with E-state index in [9.17, 15) is 8.78 Å². The molecule has 1 saturated carbocycles. The lowest BCUT2D eigenvalue weighted by atomic mass is 10.3. The van der Waals surface area contributed by atoms with Gasteiger partial charge in [-0.05, 0) is 31.0 Å². The summed E-state index contributed by atoms with van der Waals surface area (Å²) in [5, 5.41) is 11.1. The summed E-state index contributed by atoms with van der Waals surface area (Å²) >= 11 is 0. The zero-order valence-corrected chi connectivity index (χ0v) is 10.6. The van der Waals surface area contributed by atoms with Crippen molar-refractivity contribution in [1.82, 2.24) is 15.5 Å². The Balaban J connectivity index is 1.66. The third-order valence-electron chi connectivity index (χ3n) is 2.95. The number of aromatic nitrogens is 2. The average molecular weight is 277 g/mol. The van der Waals surface area contributed by atoms with E-state index >= 15 is 0 Å². The Kier molecular flexibility index (Phi) is 3.56. The van der Waals surface area contributed by atoms with E-state index in [-0.39, 0.29) is 11.6 Å². The van der Waals surface area contributed by atoms with Gasteiger partial charge in [0, 0.05) is 24.7 Å². The molecule has 1 aliphatic carbocycles. The fourth-order valence-electron chi connectivity index (χ4n) is 1.70. The van der Waals surface area contributed by atoms with Crippen LogP contribution in [-0.2, 0) is 6.54 Å². The molecule has 1 aromatic heterocycles. The second-order valence-corrected chi connectivity index (χ2v) is 4.69. The molecule has 0 bridgehead atoms. The van der Waals surface area contributed by atoms with Crippen molar-refractivity contribution in [3.8, 4) is 11.6 Å². The number of hydrogen-bond donors (Lipinski definition) is 1. The number of nitrogens with one attached hydrogen (secondary N) is 1. The molecule has 1 aliphatic rings. The molecule has 0 radical (unpaired) electrons. The number of hydrogen-bond acceptors (Lipinski definition) is 4. The molecule has 0 atom stereocenters. The van der Waals surface area contributed by atoms with Gasteiger partial charge in [-0.15, -0.1) is 5.10 Å². The Labute approximate surface area is 114 Å².